The number of nitrogens with one attached hydrogen (secondary N) is 1. The molecule has 1 aromatic carbocycles. The van der Waals surface area contributed by atoms with Gasteiger partial charge in [0.2, 0.25) is 0 Å². The Morgan fingerprint density at radius 3 is 2.50 bits per heavy atom. The van der Waals surface area contributed by atoms with Crippen LogP contribution in [0.25, 0.3) is 21.8 Å². The zero-order valence-electron chi connectivity index (χ0n) is 16.1. The molecule has 0 spiro atoms. The number of carbonyl (C=O) groups excluding carboxylic acids is 1. The second kappa shape index (κ2) is 7.09. The molecule has 1 N–H and O–H groups in total. The first kappa shape index (κ1) is 18.2. The number of amides is 1. The molecule has 1 amide bonds. The minimum atomic E-state index is -0.142. The summed E-state index contributed by atoms with van der Waals surface area (Å²) in [7, 11) is 3.96. The Labute approximate surface area is 166 Å². The topological polar surface area (TPSA) is 71.3 Å². The molecule has 4 rings (SSSR count). The fourth-order valence-electron chi connectivity index (χ4n) is 3.10. The van der Waals surface area contributed by atoms with Crippen molar-refractivity contribution in [2.24, 2.45) is 0 Å². The van der Waals surface area contributed by atoms with E-state index < -0.39 is 0 Å². The van der Waals surface area contributed by atoms with Crippen molar-refractivity contribution < 1.29 is 9.21 Å². The SMILES string of the molecule is Cc1nc(-c2ccco2)nc2sc(C(=O)Nc3ccc(N(C)C)cc3)c(C)c12. The first-order valence-electron chi connectivity index (χ1n) is 8.84. The minimum Gasteiger partial charge on any atom is -0.461 e. The summed E-state index contributed by atoms with van der Waals surface area (Å²) in [6.07, 6.45) is 1.60. The number of benzene rings is 1. The Morgan fingerprint density at radius 2 is 1.86 bits per heavy atom. The maximum atomic E-state index is 12.9. The highest BCUT2D eigenvalue weighted by Crippen LogP contribution is 2.33. The number of furan rings is 1. The van der Waals surface area contributed by atoms with Gasteiger partial charge in [-0.1, -0.05) is 0 Å². The maximum absolute atomic E-state index is 12.9. The lowest BCUT2D eigenvalue weighted by Gasteiger charge is -2.13. The van der Waals surface area contributed by atoms with Crippen LogP contribution >= 0.6 is 11.3 Å². The number of aromatic nitrogens is 2. The van der Waals surface area contributed by atoms with E-state index >= 15 is 0 Å². The molecule has 7 heteroatoms. The van der Waals surface area contributed by atoms with Crippen molar-refractivity contribution in [2.75, 3.05) is 24.3 Å². The number of thiophene rings is 1. The van der Waals surface area contributed by atoms with E-state index in [1.165, 1.54) is 11.3 Å². The maximum Gasteiger partial charge on any atom is 0.266 e. The molecule has 0 aliphatic heterocycles. The Hall–Kier alpha value is -3.19. The first-order chi connectivity index (χ1) is 13.4. The van der Waals surface area contributed by atoms with Gasteiger partial charge >= 0.3 is 0 Å². The smallest absolute Gasteiger partial charge is 0.266 e. The summed E-state index contributed by atoms with van der Waals surface area (Å²) >= 11 is 1.37. The van der Waals surface area contributed by atoms with Crippen LogP contribution in [-0.2, 0) is 0 Å². The molecule has 3 aromatic heterocycles. The average molecular weight is 392 g/mol. The van der Waals surface area contributed by atoms with Gasteiger partial charge in [0.15, 0.2) is 11.6 Å². The Balaban J connectivity index is 1.67. The van der Waals surface area contributed by atoms with Gasteiger partial charge in [0.25, 0.3) is 5.91 Å². The predicted octanol–water partition coefficient (Wildman–Crippen LogP) is 4.89. The van der Waals surface area contributed by atoms with E-state index in [-0.39, 0.29) is 5.91 Å². The van der Waals surface area contributed by atoms with Gasteiger partial charge in [-0.3, -0.25) is 4.79 Å². The number of nitrogens with zero attached hydrogens (tertiary/aromatic N) is 3. The van der Waals surface area contributed by atoms with Crippen LogP contribution in [0.4, 0.5) is 11.4 Å². The van der Waals surface area contributed by atoms with Crippen molar-refractivity contribution >= 4 is 38.8 Å². The van der Waals surface area contributed by atoms with E-state index in [0.717, 1.165) is 32.8 Å². The monoisotopic (exact) mass is 392 g/mol. The fourth-order valence-corrected chi connectivity index (χ4v) is 4.23. The summed E-state index contributed by atoms with van der Waals surface area (Å²) in [6.45, 7) is 3.86. The number of anilines is 2. The molecule has 0 fully saturated rings. The number of hydrogen-bond acceptors (Lipinski definition) is 6. The van der Waals surface area contributed by atoms with Gasteiger partial charge in [0.1, 0.15) is 4.83 Å². The summed E-state index contributed by atoms with van der Waals surface area (Å²) in [5.41, 5.74) is 3.56. The number of carbonyl (C=O) groups is 1. The molecule has 0 saturated carbocycles. The van der Waals surface area contributed by atoms with Gasteiger partial charge < -0.3 is 14.6 Å². The average Bonchev–Trinajstić information content (AvgIpc) is 3.30. The second-order valence-corrected chi connectivity index (χ2v) is 7.74. The molecule has 0 aliphatic rings. The van der Waals surface area contributed by atoms with Crippen LogP contribution in [0.2, 0.25) is 0 Å². The molecular weight excluding hydrogens is 372 g/mol. The number of fused-ring (bicyclic) bond motifs is 1. The highest BCUT2D eigenvalue weighted by molar-refractivity contribution is 7.20. The minimum absolute atomic E-state index is 0.142. The van der Waals surface area contributed by atoms with E-state index in [0.29, 0.717) is 16.5 Å². The van der Waals surface area contributed by atoms with E-state index in [9.17, 15) is 4.79 Å². The molecule has 0 radical (unpaired) electrons. The molecule has 6 nitrogen and oxygen atoms in total. The molecule has 0 saturated heterocycles. The highest BCUT2D eigenvalue weighted by atomic mass is 32.1. The van der Waals surface area contributed by atoms with Gasteiger partial charge in [-0.2, -0.15) is 0 Å². The third kappa shape index (κ3) is 3.25. The summed E-state index contributed by atoms with van der Waals surface area (Å²) < 4.78 is 5.41. The van der Waals surface area contributed by atoms with E-state index in [1.807, 2.05) is 63.2 Å². The lowest BCUT2D eigenvalue weighted by Crippen LogP contribution is -2.12. The standard InChI is InChI=1S/C21H20N4O2S/c1-12-17-13(2)22-19(16-6-5-11-27-16)24-21(17)28-18(12)20(26)23-14-7-9-15(10-8-14)25(3)4/h5-11H,1-4H3,(H,23,26). The number of hydrogen-bond donors (Lipinski definition) is 1. The van der Waals surface area contributed by atoms with Crippen LogP contribution in [0.3, 0.4) is 0 Å². The molecule has 0 atom stereocenters. The van der Waals surface area contributed by atoms with Crippen LogP contribution < -0.4 is 10.2 Å². The van der Waals surface area contributed by atoms with E-state index in [1.54, 1.807) is 12.3 Å². The summed E-state index contributed by atoms with van der Waals surface area (Å²) in [6, 6.07) is 11.4. The molecule has 0 unspecified atom stereocenters. The zero-order chi connectivity index (χ0) is 19.8. The van der Waals surface area contributed by atoms with Gasteiger partial charge in [0.05, 0.1) is 16.8 Å². The largest absolute Gasteiger partial charge is 0.461 e. The summed E-state index contributed by atoms with van der Waals surface area (Å²) in [4.78, 5) is 25.5. The molecule has 3 heterocycles. The Kier molecular flexibility index (Phi) is 4.60. The van der Waals surface area contributed by atoms with Crippen LogP contribution in [0.5, 0.6) is 0 Å². The third-order valence-corrected chi connectivity index (χ3v) is 5.74. The van der Waals surface area contributed by atoms with Crippen LogP contribution in [0.15, 0.2) is 47.1 Å². The second-order valence-electron chi connectivity index (χ2n) is 6.74. The van der Waals surface area contributed by atoms with E-state index in [4.69, 9.17) is 4.42 Å². The van der Waals surface area contributed by atoms with Crippen molar-refractivity contribution in [3.8, 4) is 11.6 Å². The molecule has 28 heavy (non-hydrogen) atoms. The van der Waals surface area contributed by atoms with Gasteiger partial charge in [-0.25, -0.2) is 9.97 Å². The lowest BCUT2D eigenvalue weighted by molar-refractivity contribution is 0.103. The highest BCUT2D eigenvalue weighted by Gasteiger charge is 2.20. The van der Waals surface area contributed by atoms with E-state index in [2.05, 4.69) is 15.3 Å². The quantitative estimate of drug-likeness (QED) is 0.536. The van der Waals surface area contributed by atoms with Crippen molar-refractivity contribution in [1.82, 2.24) is 9.97 Å². The Bertz CT molecular complexity index is 1150. The fraction of sp³-hybridized carbons (Fsp3) is 0.190. The Morgan fingerprint density at radius 1 is 1.11 bits per heavy atom. The normalized spacial score (nSPS) is 11.0. The van der Waals surface area contributed by atoms with Gasteiger partial charge in [-0.15, -0.1) is 11.3 Å². The zero-order valence-corrected chi connectivity index (χ0v) is 16.9. The van der Waals surface area contributed by atoms with Gasteiger partial charge in [0, 0.05) is 30.9 Å². The van der Waals surface area contributed by atoms with Crippen LogP contribution in [0, 0.1) is 13.8 Å². The summed E-state index contributed by atoms with van der Waals surface area (Å²) in [5.74, 6) is 1.00. The van der Waals surface area contributed by atoms with Crippen molar-refractivity contribution in [3.63, 3.8) is 0 Å². The molecule has 0 aliphatic carbocycles. The van der Waals surface area contributed by atoms with Crippen molar-refractivity contribution in [1.29, 1.82) is 0 Å². The molecule has 0 bridgehead atoms. The molecular formula is C21H20N4O2S. The van der Waals surface area contributed by atoms with Gasteiger partial charge in [-0.05, 0) is 55.8 Å². The third-order valence-electron chi connectivity index (χ3n) is 4.56. The molecule has 4 aromatic rings. The van der Waals surface area contributed by atoms with Crippen LogP contribution in [-0.4, -0.2) is 30.0 Å². The molecule has 142 valence electrons. The predicted molar refractivity (Wildman–Crippen MR) is 113 cm³/mol. The first-order valence-corrected chi connectivity index (χ1v) is 9.66. The number of aryl methyl sites for hydroxylation is 2. The van der Waals surface area contributed by atoms with Crippen molar-refractivity contribution in [2.45, 2.75) is 13.8 Å². The summed E-state index contributed by atoms with van der Waals surface area (Å²) in [5, 5.41) is 3.90. The van der Waals surface area contributed by atoms with Crippen LogP contribution in [0.1, 0.15) is 20.9 Å². The lowest BCUT2D eigenvalue weighted by atomic mass is 10.1. The van der Waals surface area contributed by atoms with Crippen molar-refractivity contribution in [3.05, 3.63) is 58.8 Å². The number of rotatable bonds is 4.